The smallest absolute Gasteiger partial charge is 0.282 e. The summed E-state index contributed by atoms with van der Waals surface area (Å²) in [6, 6.07) is 12.3. The average Bonchev–Trinajstić information content (AvgIpc) is 3.00. The topological polar surface area (TPSA) is 141 Å². The van der Waals surface area contributed by atoms with E-state index in [9.17, 15) is 26.8 Å². The zero-order chi connectivity index (χ0) is 35.7. The van der Waals surface area contributed by atoms with Crippen LogP contribution in [0.1, 0.15) is 67.8 Å². The molecular weight excluding hydrogens is 652 g/mol. The number of amides is 1. The molecule has 1 fully saturated rings. The number of hydrogen-bond acceptors (Lipinski definition) is 8. The molecule has 2 N–H and O–H groups in total. The van der Waals surface area contributed by atoms with Crippen LogP contribution in [0.5, 0.6) is 0 Å². The number of halogens is 2. The number of anilines is 2. The molecule has 4 aromatic rings. The molecule has 14 heteroatoms. The van der Waals surface area contributed by atoms with Gasteiger partial charge >= 0.3 is 0 Å². The van der Waals surface area contributed by atoms with Gasteiger partial charge in [0.2, 0.25) is 5.95 Å². The Morgan fingerprint density at radius 2 is 1.69 bits per heavy atom. The van der Waals surface area contributed by atoms with Gasteiger partial charge < -0.3 is 9.80 Å². The fourth-order valence-electron chi connectivity index (χ4n) is 5.99. The molecule has 1 aliphatic heterocycles. The fraction of sp³-hybridized carbons (Fsp3) is 0.400. The van der Waals surface area contributed by atoms with Gasteiger partial charge in [-0.25, -0.2) is 36.9 Å². The second-order valence-electron chi connectivity index (χ2n) is 13.7. The summed E-state index contributed by atoms with van der Waals surface area (Å²) in [6.45, 7) is 11.2. The molecule has 0 spiro atoms. The molecule has 2 aromatic heterocycles. The zero-order valence-corrected chi connectivity index (χ0v) is 29.2. The van der Waals surface area contributed by atoms with Crippen LogP contribution < -0.4 is 15.2 Å². The van der Waals surface area contributed by atoms with Gasteiger partial charge in [0.25, 0.3) is 27.4 Å². The Morgan fingerprint density at radius 1 is 1.06 bits per heavy atom. The molecule has 260 valence electrons. The van der Waals surface area contributed by atoms with E-state index in [1.54, 1.807) is 4.90 Å². The molecule has 2 aromatic carbocycles. The SMILES string of the molecule is CC[C@@H](CC(C)(C)C)N(Cc1ncc(N2CC(F)(F)C2)cn1)C(=O)c1cccc(S(=O)(=O)Nc2nc(-c3c(C)cccc3C)cc(=O)[nH]2)c1. The first kappa shape index (κ1) is 35.6. The Kier molecular flexibility index (Phi) is 9.91. The predicted molar refractivity (Wildman–Crippen MR) is 184 cm³/mol. The normalized spacial score (nSPS) is 15.0. The maximum absolute atomic E-state index is 14.2. The van der Waals surface area contributed by atoms with E-state index in [0.717, 1.165) is 16.7 Å². The molecule has 3 heterocycles. The first-order valence-corrected chi connectivity index (χ1v) is 17.5. The van der Waals surface area contributed by atoms with E-state index in [-0.39, 0.29) is 34.4 Å². The molecule has 0 radical (unpaired) electrons. The Labute approximate surface area is 284 Å². The van der Waals surface area contributed by atoms with Gasteiger partial charge in [-0.1, -0.05) is 52.0 Å². The third-order valence-electron chi connectivity index (χ3n) is 8.34. The monoisotopic (exact) mass is 693 g/mol. The van der Waals surface area contributed by atoms with Crippen molar-refractivity contribution in [3.63, 3.8) is 0 Å². The second-order valence-corrected chi connectivity index (χ2v) is 15.4. The molecule has 0 aliphatic carbocycles. The van der Waals surface area contributed by atoms with Gasteiger partial charge in [0, 0.05) is 23.2 Å². The van der Waals surface area contributed by atoms with E-state index in [4.69, 9.17) is 0 Å². The maximum Gasteiger partial charge on any atom is 0.282 e. The van der Waals surface area contributed by atoms with Gasteiger partial charge in [-0.3, -0.25) is 14.6 Å². The number of aromatic nitrogens is 4. The van der Waals surface area contributed by atoms with Crippen LogP contribution in [-0.4, -0.2) is 64.2 Å². The summed E-state index contributed by atoms with van der Waals surface area (Å²) < 4.78 is 56.3. The van der Waals surface area contributed by atoms with E-state index < -0.39 is 40.5 Å². The molecule has 0 bridgehead atoms. The third-order valence-corrected chi connectivity index (χ3v) is 9.67. The van der Waals surface area contributed by atoms with Crippen molar-refractivity contribution in [2.75, 3.05) is 22.7 Å². The summed E-state index contributed by atoms with van der Waals surface area (Å²) in [5.74, 6) is -3.10. The average molecular weight is 694 g/mol. The summed E-state index contributed by atoms with van der Waals surface area (Å²) >= 11 is 0. The van der Waals surface area contributed by atoms with Gasteiger partial charge in [-0.15, -0.1) is 0 Å². The molecule has 0 unspecified atom stereocenters. The quantitative estimate of drug-likeness (QED) is 0.196. The van der Waals surface area contributed by atoms with E-state index in [2.05, 4.69) is 45.4 Å². The van der Waals surface area contributed by atoms with Crippen molar-refractivity contribution in [2.24, 2.45) is 5.41 Å². The first-order chi connectivity index (χ1) is 22.9. The summed E-state index contributed by atoms with van der Waals surface area (Å²) in [6.07, 6.45) is 4.19. The summed E-state index contributed by atoms with van der Waals surface area (Å²) in [5.41, 5.74) is 2.71. The molecule has 1 amide bonds. The molecule has 1 saturated heterocycles. The van der Waals surface area contributed by atoms with E-state index in [1.807, 2.05) is 39.0 Å². The Morgan fingerprint density at radius 3 is 2.29 bits per heavy atom. The molecular formula is C35H41F2N7O4S. The van der Waals surface area contributed by atoms with Gasteiger partial charge in [-0.05, 0) is 61.4 Å². The van der Waals surface area contributed by atoms with Crippen molar-refractivity contribution in [1.82, 2.24) is 24.8 Å². The minimum absolute atomic E-state index is 0.0232. The summed E-state index contributed by atoms with van der Waals surface area (Å²) in [5, 5.41) is 0. The lowest BCUT2D eigenvalue weighted by Gasteiger charge is -2.40. The highest BCUT2D eigenvalue weighted by Gasteiger charge is 2.44. The lowest BCUT2D eigenvalue weighted by Crippen LogP contribution is -2.56. The molecule has 49 heavy (non-hydrogen) atoms. The van der Waals surface area contributed by atoms with Crippen LogP contribution in [-0.2, 0) is 16.6 Å². The van der Waals surface area contributed by atoms with Crippen LogP contribution in [0.25, 0.3) is 11.3 Å². The zero-order valence-electron chi connectivity index (χ0n) is 28.4. The highest BCUT2D eigenvalue weighted by molar-refractivity contribution is 7.92. The Hall–Kier alpha value is -4.72. The van der Waals surface area contributed by atoms with Crippen molar-refractivity contribution in [2.45, 2.75) is 77.8 Å². The van der Waals surface area contributed by atoms with E-state index in [1.165, 1.54) is 47.6 Å². The summed E-state index contributed by atoms with van der Waals surface area (Å²) in [7, 11) is -4.30. The third kappa shape index (κ3) is 8.48. The predicted octanol–water partition coefficient (Wildman–Crippen LogP) is 5.96. The number of carbonyl (C=O) groups excluding carboxylic acids is 1. The minimum atomic E-state index is -4.30. The van der Waals surface area contributed by atoms with Crippen LogP contribution in [0, 0.1) is 19.3 Å². The minimum Gasteiger partial charge on any atom is -0.357 e. The van der Waals surface area contributed by atoms with Crippen molar-refractivity contribution in [1.29, 1.82) is 0 Å². The molecule has 1 aliphatic rings. The standard InChI is InChI=1S/C35H41F2N7O4S/c1-7-25(16-34(4,5)6)44(19-29-38-17-26(18-39-29)43-20-35(36,37)21-43)32(46)24-12-9-13-27(14-24)49(47,48)42-33-40-28(15-30(45)41-33)31-22(2)10-8-11-23(31)3/h8-15,17-18,25H,7,16,19-21H2,1-6H3,(H2,40,41,42,45)/t25-/m0/s1. The number of rotatable bonds is 11. The van der Waals surface area contributed by atoms with E-state index >= 15 is 0 Å². The highest BCUT2D eigenvalue weighted by Crippen LogP contribution is 2.32. The van der Waals surface area contributed by atoms with Crippen LogP contribution in [0.15, 0.2) is 70.6 Å². The second kappa shape index (κ2) is 13.7. The Balaban J connectivity index is 1.42. The Bertz CT molecular complexity index is 1980. The highest BCUT2D eigenvalue weighted by atomic mass is 32.2. The first-order valence-electron chi connectivity index (χ1n) is 16.0. The number of nitrogens with one attached hydrogen (secondary N) is 2. The largest absolute Gasteiger partial charge is 0.357 e. The number of nitrogens with zero attached hydrogens (tertiary/aromatic N) is 5. The van der Waals surface area contributed by atoms with Crippen molar-refractivity contribution in [3.8, 4) is 11.3 Å². The number of aromatic amines is 1. The van der Waals surface area contributed by atoms with Crippen LogP contribution in [0.2, 0.25) is 0 Å². The molecule has 11 nitrogen and oxygen atoms in total. The molecule has 0 saturated carbocycles. The van der Waals surface area contributed by atoms with Gasteiger partial charge in [-0.2, -0.15) is 0 Å². The lowest BCUT2D eigenvalue weighted by atomic mass is 9.86. The van der Waals surface area contributed by atoms with Crippen molar-refractivity contribution in [3.05, 3.63) is 93.8 Å². The number of carbonyl (C=O) groups is 1. The van der Waals surface area contributed by atoms with Crippen molar-refractivity contribution >= 4 is 27.6 Å². The van der Waals surface area contributed by atoms with Gasteiger partial charge in [0.1, 0.15) is 5.82 Å². The molecule has 5 rings (SSSR count). The molecule has 1 atom stereocenters. The number of hydrogen-bond donors (Lipinski definition) is 2. The van der Waals surface area contributed by atoms with Crippen molar-refractivity contribution < 1.29 is 22.0 Å². The fourth-order valence-corrected chi connectivity index (χ4v) is 7.00. The number of alkyl halides is 2. The van der Waals surface area contributed by atoms with E-state index in [0.29, 0.717) is 30.0 Å². The van der Waals surface area contributed by atoms with Crippen LogP contribution in [0.3, 0.4) is 0 Å². The number of sulfonamides is 1. The number of benzene rings is 2. The van der Waals surface area contributed by atoms with Crippen LogP contribution in [0.4, 0.5) is 20.4 Å². The number of H-pyrrole nitrogens is 1. The number of aryl methyl sites for hydroxylation is 2. The lowest BCUT2D eigenvalue weighted by molar-refractivity contribution is -0.0263. The maximum atomic E-state index is 14.2. The van der Waals surface area contributed by atoms with Gasteiger partial charge in [0.05, 0.1) is 48.3 Å². The van der Waals surface area contributed by atoms with Crippen LogP contribution >= 0.6 is 0 Å². The summed E-state index contributed by atoms with van der Waals surface area (Å²) in [4.78, 5) is 45.3. The van der Waals surface area contributed by atoms with Gasteiger partial charge in [0.15, 0.2) is 0 Å².